The number of benzene rings is 1. The summed E-state index contributed by atoms with van der Waals surface area (Å²) in [6.07, 6.45) is 3.54. The Hall–Kier alpha value is -1.40. The molecule has 1 aromatic carbocycles. The molecule has 0 saturated heterocycles. The van der Waals surface area contributed by atoms with Crippen molar-refractivity contribution in [3.05, 3.63) is 29.8 Å². The van der Waals surface area contributed by atoms with Gasteiger partial charge in [-0.05, 0) is 36.5 Å². The van der Waals surface area contributed by atoms with Crippen LogP contribution in [0.4, 0.5) is 8.78 Å². The molecule has 0 spiro atoms. The zero-order chi connectivity index (χ0) is 15.2. The van der Waals surface area contributed by atoms with Gasteiger partial charge in [-0.2, -0.15) is 8.78 Å². The summed E-state index contributed by atoms with van der Waals surface area (Å²) in [5.41, 5.74) is 6.77. The summed E-state index contributed by atoms with van der Waals surface area (Å²) in [6.45, 7) is -2.46. The van der Waals surface area contributed by atoms with Crippen LogP contribution >= 0.6 is 12.4 Å². The first-order valence-electron chi connectivity index (χ1n) is 7.10. The molecule has 0 aromatic heterocycles. The minimum absolute atomic E-state index is 0. The monoisotopic (exact) mass is 334 g/mol. The summed E-state index contributed by atoms with van der Waals surface area (Å²) in [5.74, 6) is 0.356. The van der Waals surface area contributed by atoms with Crippen LogP contribution in [0.5, 0.6) is 5.75 Å². The van der Waals surface area contributed by atoms with Crippen molar-refractivity contribution in [2.75, 3.05) is 0 Å². The maximum atomic E-state index is 12.0. The molecule has 1 aliphatic carbocycles. The highest BCUT2D eigenvalue weighted by Crippen LogP contribution is 2.26. The highest BCUT2D eigenvalue weighted by atomic mass is 35.5. The number of nitrogens with two attached hydrogens (primary N) is 1. The lowest BCUT2D eigenvalue weighted by molar-refractivity contribution is -0.122. The first-order valence-corrected chi connectivity index (χ1v) is 7.10. The number of hydrogen-bond donors (Lipinski definition) is 2. The van der Waals surface area contributed by atoms with Gasteiger partial charge < -0.3 is 15.8 Å². The number of amides is 1. The Morgan fingerprint density at radius 3 is 2.55 bits per heavy atom. The fraction of sp³-hybridized carbons (Fsp3) is 0.533. The number of rotatable bonds is 6. The van der Waals surface area contributed by atoms with Crippen molar-refractivity contribution in [2.45, 2.75) is 44.9 Å². The number of hydrogen-bond acceptors (Lipinski definition) is 3. The Labute approximate surface area is 134 Å². The second kappa shape index (κ2) is 8.90. The summed E-state index contributed by atoms with van der Waals surface area (Å²) in [5, 5.41) is 2.82. The number of halogens is 3. The number of ether oxygens (including phenoxy) is 1. The van der Waals surface area contributed by atoms with Crippen LogP contribution in [0.25, 0.3) is 0 Å². The lowest BCUT2D eigenvalue weighted by Gasteiger charge is -2.14. The molecule has 0 unspecified atom stereocenters. The van der Waals surface area contributed by atoms with E-state index >= 15 is 0 Å². The third kappa shape index (κ3) is 5.77. The topological polar surface area (TPSA) is 64.4 Å². The van der Waals surface area contributed by atoms with E-state index in [0.29, 0.717) is 13.0 Å². The molecule has 0 radical (unpaired) electrons. The van der Waals surface area contributed by atoms with Gasteiger partial charge in [0.15, 0.2) is 0 Å². The van der Waals surface area contributed by atoms with Crippen molar-refractivity contribution < 1.29 is 18.3 Å². The molecule has 124 valence electrons. The number of alkyl halides is 2. The average molecular weight is 335 g/mol. The standard InChI is InChI=1S/C15H20F2N2O2.ClH/c16-15(17)21-12-6-4-10(5-7-12)9-19-14(20)8-11-2-1-3-13(11)18;/h4-7,11,13,15H,1-3,8-9,18H2,(H,19,20);1H/t11-,13+;/m0./s1. The van der Waals surface area contributed by atoms with E-state index in [-0.39, 0.29) is 36.0 Å². The van der Waals surface area contributed by atoms with Crippen molar-refractivity contribution >= 4 is 18.3 Å². The third-order valence-corrected chi connectivity index (χ3v) is 3.80. The van der Waals surface area contributed by atoms with E-state index in [1.807, 2.05) is 0 Å². The molecule has 4 nitrogen and oxygen atoms in total. The van der Waals surface area contributed by atoms with E-state index in [4.69, 9.17) is 5.73 Å². The first kappa shape index (κ1) is 18.6. The number of carbonyl (C=O) groups is 1. The minimum Gasteiger partial charge on any atom is -0.435 e. The lowest BCUT2D eigenvalue weighted by Crippen LogP contribution is -2.31. The van der Waals surface area contributed by atoms with Crippen LogP contribution in [0.2, 0.25) is 0 Å². The highest BCUT2D eigenvalue weighted by Gasteiger charge is 2.25. The van der Waals surface area contributed by atoms with Gasteiger partial charge >= 0.3 is 6.61 Å². The van der Waals surface area contributed by atoms with Crippen molar-refractivity contribution in [1.29, 1.82) is 0 Å². The fourth-order valence-corrected chi connectivity index (χ4v) is 2.62. The molecule has 1 saturated carbocycles. The van der Waals surface area contributed by atoms with Gasteiger partial charge in [-0.1, -0.05) is 18.6 Å². The molecular weight excluding hydrogens is 314 g/mol. The summed E-state index contributed by atoms with van der Waals surface area (Å²) >= 11 is 0. The van der Waals surface area contributed by atoms with Crippen LogP contribution in [-0.2, 0) is 11.3 Å². The molecule has 22 heavy (non-hydrogen) atoms. The van der Waals surface area contributed by atoms with Crippen LogP contribution in [0, 0.1) is 5.92 Å². The van der Waals surface area contributed by atoms with E-state index in [2.05, 4.69) is 10.1 Å². The van der Waals surface area contributed by atoms with Crippen LogP contribution in [0.15, 0.2) is 24.3 Å². The maximum Gasteiger partial charge on any atom is 0.387 e. The molecular formula is C15H21ClF2N2O2. The summed E-state index contributed by atoms with van der Waals surface area (Å²) < 4.78 is 28.3. The molecule has 0 bridgehead atoms. The minimum atomic E-state index is -2.83. The van der Waals surface area contributed by atoms with Crippen molar-refractivity contribution in [3.63, 3.8) is 0 Å². The summed E-state index contributed by atoms with van der Waals surface area (Å²) in [6, 6.07) is 6.35. The lowest BCUT2D eigenvalue weighted by atomic mass is 10.00. The normalized spacial score (nSPS) is 20.5. The quantitative estimate of drug-likeness (QED) is 0.840. The predicted molar refractivity (Wildman–Crippen MR) is 82.1 cm³/mol. The second-order valence-electron chi connectivity index (χ2n) is 5.36. The zero-order valence-corrected chi connectivity index (χ0v) is 13.0. The van der Waals surface area contributed by atoms with Gasteiger partial charge in [0.05, 0.1) is 0 Å². The van der Waals surface area contributed by atoms with Crippen molar-refractivity contribution in [3.8, 4) is 5.75 Å². The Morgan fingerprint density at radius 2 is 2.00 bits per heavy atom. The molecule has 1 amide bonds. The molecule has 0 heterocycles. The smallest absolute Gasteiger partial charge is 0.387 e. The van der Waals surface area contributed by atoms with Gasteiger partial charge in [0.1, 0.15) is 5.75 Å². The van der Waals surface area contributed by atoms with E-state index in [1.165, 1.54) is 12.1 Å². The fourth-order valence-electron chi connectivity index (χ4n) is 2.62. The second-order valence-corrected chi connectivity index (χ2v) is 5.36. The van der Waals surface area contributed by atoms with E-state index in [9.17, 15) is 13.6 Å². The largest absolute Gasteiger partial charge is 0.435 e. The number of nitrogens with one attached hydrogen (secondary N) is 1. The third-order valence-electron chi connectivity index (χ3n) is 3.80. The zero-order valence-electron chi connectivity index (χ0n) is 12.1. The predicted octanol–water partition coefficient (Wildman–Crippen LogP) is 2.84. The molecule has 1 aromatic rings. The molecule has 7 heteroatoms. The van der Waals surface area contributed by atoms with Crippen LogP contribution in [-0.4, -0.2) is 18.6 Å². The first-order chi connectivity index (χ1) is 10.0. The molecule has 0 aliphatic heterocycles. The Morgan fingerprint density at radius 1 is 1.32 bits per heavy atom. The number of carbonyl (C=O) groups excluding carboxylic acids is 1. The molecule has 2 atom stereocenters. The molecule has 1 fully saturated rings. The Kier molecular flexibility index (Phi) is 7.55. The van der Waals surface area contributed by atoms with Gasteiger partial charge in [-0.25, -0.2) is 0 Å². The SMILES string of the molecule is Cl.N[C@@H]1CCC[C@H]1CC(=O)NCc1ccc(OC(F)F)cc1. The Bertz CT molecular complexity index is 471. The van der Waals surface area contributed by atoms with E-state index in [1.54, 1.807) is 12.1 Å². The van der Waals surface area contributed by atoms with Crippen LogP contribution in [0.1, 0.15) is 31.2 Å². The molecule has 1 aliphatic rings. The van der Waals surface area contributed by atoms with Crippen molar-refractivity contribution in [1.82, 2.24) is 5.32 Å². The van der Waals surface area contributed by atoms with Gasteiger partial charge in [0, 0.05) is 19.0 Å². The highest BCUT2D eigenvalue weighted by molar-refractivity contribution is 5.85. The van der Waals surface area contributed by atoms with Gasteiger partial charge in [-0.3, -0.25) is 4.79 Å². The maximum absolute atomic E-state index is 12.0. The van der Waals surface area contributed by atoms with Gasteiger partial charge in [0.25, 0.3) is 0 Å². The molecule has 2 rings (SSSR count). The van der Waals surface area contributed by atoms with Gasteiger partial charge in [-0.15, -0.1) is 12.4 Å². The van der Waals surface area contributed by atoms with Crippen LogP contribution < -0.4 is 15.8 Å². The van der Waals surface area contributed by atoms with E-state index < -0.39 is 6.61 Å². The van der Waals surface area contributed by atoms with Crippen LogP contribution in [0.3, 0.4) is 0 Å². The summed E-state index contributed by atoms with van der Waals surface area (Å²) in [4.78, 5) is 11.8. The average Bonchev–Trinajstić information content (AvgIpc) is 2.83. The van der Waals surface area contributed by atoms with Gasteiger partial charge in [0.2, 0.25) is 5.91 Å². The molecule has 3 N–H and O–H groups in total. The Balaban J connectivity index is 0.00000242. The van der Waals surface area contributed by atoms with Crippen molar-refractivity contribution in [2.24, 2.45) is 11.7 Å². The van der Waals surface area contributed by atoms with E-state index in [0.717, 1.165) is 24.8 Å². The summed E-state index contributed by atoms with van der Waals surface area (Å²) in [7, 11) is 0.